The molecule has 0 aromatic heterocycles. The van der Waals surface area contributed by atoms with E-state index >= 15 is 0 Å². The molecular formula is C18H19NO. The van der Waals surface area contributed by atoms with Crippen molar-refractivity contribution in [2.45, 2.75) is 31.6 Å². The lowest BCUT2D eigenvalue weighted by molar-refractivity contribution is 0.335. The van der Waals surface area contributed by atoms with Gasteiger partial charge in [-0.15, -0.1) is 0 Å². The van der Waals surface area contributed by atoms with E-state index in [2.05, 4.69) is 35.5 Å². The van der Waals surface area contributed by atoms with Gasteiger partial charge in [-0.25, -0.2) is 0 Å². The predicted molar refractivity (Wildman–Crippen MR) is 82.2 cm³/mol. The van der Waals surface area contributed by atoms with Crippen molar-refractivity contribution in [3.63, 3.8) is 0 Å². The molecule has 0 spiro atoms. The quantitative estimate of drug-likeness (QED) is 0.732. The molecule has 1 aliphatic rings. The molecule has 0 radical (unpaired) electrons. The largest absolute Gasteiger partial charge is 0.357 e. The molecule has 0 N–H and O–H groups in total. The third-order valence-electron chi connectivity index (χ3n) is 3.86. The van der Waals surface area contributed by atoms with Gasteiger partial charge in [0.25, 0.3) is 0 Å². The maximum atomic E-state index is 5.47. The summed E-state index contributed by atoms with van der Waals surface area (Å²) in [5, 5.41) is 4.30. The fraction of sp³-hybridized carbons (Fsp3) is 0.278. The minimum Gasteiger partial charge on any atom is -0.357 e. The molecule has 3 rings (SSSR count). The van der Waals surface area contributed by atoms with E-state index in [-0.39, 0.29) is 0 Å². The van der Waals surface area contributed by atoms with Gasteiger partial charge in [0.2, 0.25) is 0 Å². The Kier molecular flexibility index (Phi) is 4.12. The van der Waals surface area contributed by atoms with Crippen molar-refractivity contribution in [3.8, 4) is 5.75 Å². The molecule has 0 saturated heterocycles. The topological polar surface area (TPSA) is 21.6 Å². The zero-order valence-electron chi connectivity index (χ0n) is 11.5. The highest BCUT2D eigenvalue weighted by Crippen LogP contribution is 2.31. The molecule has 20 heavy (non-hydrogen) atoms. The van der Waals surface area contributed by atoms with Crippen LogP contribution in [0.15, 0.2) is 65.8 Å². The molecule has 2 nitrogen and oxygen atoms in total. The molecule has 0 unspecified atom stereocenters. The normalized spacial score (nSPS) is 18.6. The maximum absolute atomic E-state index is 5.47. The third-order valence-corrected chi connectivity index (χ3v) is 3.86. The van der Waals surface area contributed by atoms with Crippen LogP contribution in [0.25, 0.3) is 0 Å². The minimum atomic E-state index is 0.673. The van der Waals surface area contributed by atoms with Crippen LogP contribution in [0.2, 0.25) is 0 Å². The summed E-state index contributed by atoms with van der Waals surface area (Å²) in [6, 6.07) is 20.5. The summed E-state index contributed by atoms with van der Waals surface area (Å²) in [6.07, 6.45) is 4.40. The smallest absolute Gasteiger partial charge is 0.157 e. The Morgan fingerprint density at radius 2 is 1.40 bits per heavy atom. The van der Waals surface area contributed by atoms with E-state index in [1.165, 1.54) is 24.1 Å². The highest BCUT2D eigenvalue weighted by molar-refractivity contribution is 5.84. The van der Waals surface area contributed by atoms with Gasteiger partial charge in [-0.1, -0.05) is 53.7 Å². The van der Waals surface area contributed by atoms with E-state index < -0.39 is 0 Å². The second-order valence-corrected chi connectivity index (χ2v) is 5.25. The van der Waals surface area contributed by atoms with Crippen LogP contribution in [0, 0.1) is 0 Å². The molecule has 1 aliphatic carbocycles. The van der Waals surface area contributed by atoms with Gasteiger partial charge in [0.05, 0.1) is 5.71 Å². The fourth-order valence-corrected chi connectivity index (χ4v) is 2.70. The molecule has 1 saturated carbocycles. The molecule has 0 bridgehead atoms. The van der Waals surface area contributed by atoms with E-state index in [0.29, 0.717) is 5.92 Å². The van der Waals surface area contributed by atoms with Crippen LogP contribution in [0.3, 0.4) is 0 Å². The Morgan fingerprint density at radius 3 is 2.05 bits per heavy atom. The Balaban J connectivity index is 1.56. The van der Waals surface area contributed by atoms with Gasteiger partial charge in [0.1, 0.15) is 0 Å². The van der Waals surface area contributed by atoms with E-state index in [9.17, 15) is 0 Å². The molecule has 0 atom stereocenters. The second-order valence-electron chi connectivity index (χ2n) is 5.25. The fourth-order valence-electron chi connectivity index (χ4n) is 2.70. The highest BCUT2D eigenvalue weighted by atomic mass is 16.6. The Morgan fingerprint density at radius 1 is 0.800 bits per heavy atom. The average Bonchev–Trinajstić information content (AvgIpc) is 2.55. The molecule has 0 aliphatic heterocycles. The Hall–Kier alpha value is -2.09. The van der Waals surface area contributed by atoms with Crippen molar-refractivity contribution >= 4 is 5.71 Å². The number of hydrogen-bond acceptors (Lipinski definition) is 2. The first kappa shape index (κ1) is 12.9. The van der Waals surface area contributed by atoms with Crippen LogP contribution in [0.4, 0.5) is 0 Å². The number of rotatable bonds is 3. The Labute approximate surface area is 120 Å². The Bertz CT molecular complexity index is 552. The average molecular weight is 265 g/mol. The summed E-state index contributed by atoms with van der Waals surface area (Å²) in [5.74, 6) is 1.48. The first-order valence-electron chi connectivity index (χ1n) is 7.24. The number of para-hydroxylation sites is 1. The van der Waals surface area contributed by atoms with E-state index in [0.717, 1.165) is 18.6 Å². The summed E-state index contributed by atoms with van der Waals surface area (Å²) in [7, 11) is 0. The molecule has 0 amide bonds. The van der Waals surface area contributed by atoms with Crippen LogP contribution >= 0.6 is 0 Å². The number of hydrogen-bond donors (Lipinski definition) is 0. The highest BCUT2D eigenvalue weighted by Gasteiger charge is 2.19. The zero-order chi connectivity index (χ0) is 13.6. The van der Waals surface area contributed by atoms with Gasteiger partial charge >= 0.3 is 0 Å². The minimum absolute atomic E-state index is 0.673. The molecule has 2 aromatic carbocycles. The van der Waals surface area contributed by atoms with Crippen molar-refractivity contribution in [1.82, 2.24) is 0 Å². The van der Waals surface area contributed by atoms with Crippen LogP contribution < -0.4 is 4.84 Å². The van der Waals surface area contributed by atoms with Crippen molar-refractivity contribution in [1.29, 1.82) is 0 Å². The maximum Gasteiger partial charge on any atom is 0.157 e. The number of oxime groups is 1. The summed E-state index contributed by atoms with van der Waals surface area (Å²) < 4.78 is 0. The van der Waals surface area contributed by atoms with Gasteiger partial charge in [0, 0.05) is 0 Å². The van der Waals surface area contributed by atoms with Crippen LogP contribution in [-0.2, 0) is 0 Å². The third kappa shape index (κ3) is 3.27. The van der Waals surface area contributed by atoms with Gasteiger partial charge in [-0.2, -0.15) is 0 Å². The first-order valence-corrected chi connectivity index (χ1v) is 7.24. The molecule has 2 heteroatoms. The van der Waals surface area contributed by atoms with Gasteiger partial charge in [0.15, 0.2) is 5.75 Å². The number of benzene rings is 2. The van der Waals surface area contributed by atoms with E-state index in [4.69, 9.17) is 4.84 Å². The summed E-state index contributed by atoms with van der Waals surface area (Å²) >= 11 is 0. The van der Waals surface area contributed by atoms with Crippen LogP contribution in [0.1, 0.15) is 37.2 Å². The lowest BCUT2D eigenvalue weighted by Gasteiger charge is -2.22. The van der Waals surface area contributed by atoms with Crippen LogP contribution in [0.5, 0.6) is 5.75 Å². The first-order chi connectivity index (χ1) is 9.92. The summed E-state index contributed by atoms with van der Waals surface area (Å²) in [4.78, 5) is 5.47. The number of nitrogens with zero attached hydrogens (tertiary/aromatic N) is 1. The van der Waals surface area contributed by atoms with Gasteiger partial charge in [-0.05, 0) is 49.3 Å². The monoisotopic (exact) mass is 265 g/mol. The van der Waals surface area contributed by atoms with Gasteiger partial charge < -0.3 is 4.84 Å². The SMILES string of the molecule is c1ccc(ON=C2CCC(c3ccccc3)CC2)cc1. The van der Waals surface area contributed by atoms with Crippen LogP contribution in [-0.4, -0.2) is 5.71 Å². The zero-order valence-corrected chi connectivity index (χ0v) is 11.5. The van der Waals surface area contributed by atoms with Gasteiger partial charge in [-0.3, -0.25) is 0 Å². The summed E-state index contributed by atoms with van der Waals surface area (Å²) in [5.41, 5.74) is 2.64. The van der Waals surface area contributed by atoms with Crippen molar-refractivity contribution in [2.75, 3.05) is 0 Å². The van der Waals surface area contributed by atoms with Crippen molar-refractivity contribution in [3.05, 3.63) is 66.2 Å². The lowest BCUT2D eigenvalue weighted by Crippen LogP contribution is -2.13. The molecule has 2 aromatic rings. The molecule has 0 heterocycles. The second kappa shape index (κ2) is 6.38. The predicted octanol–water partition coefficient (Wildman–Crippen LogP) is 4.78. The van der Waals surface area contributed by atoms with Crippen molar-refractivity contribution in [2.24, 2.45) is 5.16 Å². The van der Waals surface area contributed by atoms with E-state index in [1.54, 1.807) is 0 Å². The van der Waals surface area contributed by atoms with E-state index in [1.807, 2.05) is 30.3 Å². The standard InChI is InChI=1S/C18H19NO/c1-3-7-15(8-4-1)16-11-13-17(14-12-16)19-20-18-9-5-2-6-10-18/h1-10,16H,11-14H2. The summed E-state index contributed by atoms with van der Waals surface area (Å²) in [6.45, 7) is 0. The molecule has 1 fully saturated rings. The molecular weight excluding hydrogens is 246 g/mol. The lowest BCUT2D eigenvalue weighted by atomic mass is 9.83. The van der Waals surface area contributed by atoms with Crippen molar-refractivity contribution < 1.29 is 4.84 Å². The molecule has 102 valence electrons.